The van der Waals surface area contributed by atoms with Gasteiger partial charge in [-0.05, 0) is 41.3 Å². The van der Waals surface area contributed by atoms with Gasteiger partial charge in [-0.3, -0.25) is 4.98 Å². The molecule has 2 aromatic heterocycles. The zero-order valence-corrected chi connectivity index (χ0v) is 16.6. The minimum absolute atomic E-state index is 0.199. The molecule has 0 spiro atoms. The monoisotopic (exact) mass is 396 g/mol. The molecule has 144 valence electrons. The maximum absolute atomic E-state index is 13.7. The molecule has 0 atom stereocenters. The molecule has 28 heavy (non-hydrogen) atoms. The van der Waals surface area contributed by atoms with E-state index in [1.807, 2.05) is 24.4 Å². The van der Waals surface area contributed by atoms with Gasteiger partial charge in [0.15, 0.2) is 0 Å². The molecule has 0 fully saturated rings. The Morgan fingerprint density at radius 3 is 2.82 bits per heavy atom. The summed E-state index contributed by atoms with van der Waals surface area (Å²) in [7, 11) is 0. The molecule has 0 bridgehead atoms. The molecule has 2 heterocycles. The minimum atomic E-state index is -0.266. The predicted molar refractivity (Wildman–Crippen MR) is 108 cm³/mol. The molecule has 1 aromatic carbocycles. The van der Waals surface area contributed by atoms with Gasteiger partial charge >= 0.3 is 0 Å². The van der Waals surface area contributed by atoms with Gasteiger partial charge in [0.2, 0.25) is 0 Å². The first-order chi connectivity index (χ1) is 13.6. The number of nitrogens with zero attached hydrogens (tertiary/aromatic N) is 6. The standard InChI is InChI=1S/C20H21FN6S/c1-14(2)19-20(28-17-7-3-6-16(21)11-17)27(13-15-5-4-9-23-12-15)18(25-19)8-10-24-26-22/h3-7,9,11-12,14H,8,10,13H2,1-2H3. The molecule has 0 radical (unpaired) electrons. The lowest BCUT2D eigenvalue weighted by molar-refractivity contribution is 0.624. The molecular formula is C20H21FN6S. The van der Waals surface area contributed by atoms with Crippen molar-refractivity contribution in [2.24, 2.45) is 5.11 Å². The summed E-state index contributed by atoms with van der Waals surface area (Å²) in [6.45, 7) is 5.10. The van der Waals surface area contributed by atoms with Crippen molar-refractivity contribution in [1.29, 1.82) is 0 Å². The van der Waals surface area contributed by atoms with E-state index in [4.69, 9.17) is 10.5 Å². The van der Waals surface area contributed by atoms with Crippen molar-refractivity contribution in [3.63, 3.8) is 0 Å². The Kier molecular flexibility index (Phi) is 6.68. The van der Waals surface area contributed by atoms with Gasteiger partial charge < -0.3 is 4.57 Å². The largest absolute Gasteiger partial charge is 0.318 e. The van der Waals surface area contributed by atoms with Crippen LogP contribution in [0.5, 0.6) is 0 Å². The van der Waals surface area contributed by atoms with Crippen LogP contribution >= 0.6 is 11.8 Å². The van der Waals surface area contributed by atoms with E-state index in [9.17, 15) is 4.39 Å². The Morgan fingerprint density at radius 2 is 2.14 bits per heavy atom. The van der Waals surface area contributed by atoms with E-state index in [1.165, 1.54) is 23.9 Å². The first-order valence-corrected chi connectivity index (χ1v) is 9.82. The van der Waals surface area contributed by atoms with E-state index < -0.39 is 0 Å². The van der Waals surface area contributed by atoms with Gasteiger partial charge in [0.25, 0.3) is 0 Å². The second-order valence-corrected chi connectivity index (χ2v) is 7.65. The summed E-state index contributed by atoms with van der Waals surface area (Å²) < 4.78 is 15.8. The Morgan fingerprint density at radius 1 is 1.29 bits per heavy atom. The quantitative estimate of drug-likeness (QED) is 0.283. The maximum atomic E-state index is 13.7. The number of benzene rings is 1. The third kappa shape index (κ3) is 4.91. The molecule has 0 amide bonds. The maximum Gasteiger partial charge on any atom is 0.124 e. The van der Waals surface area contributed by atoms with Crippen molar-refractivity contribution in [3.05, 3.63) is 82.1 Å². The van der Waals surface area contributed by atoms with Crippen LogP contribution in [-0.2, 0) is 13.0 Å². The molecule has 0 saturated carbocycles. The second-order valence-electron chi connectivity index (χ2n) is 6.58. The number of rotatable bonds is 8. The number of pyridine rings is 1. The number of halogens is 1. The Bertz CT molecular complexity index is 980. The zero-order valence-electron chi connectivity index (χ0n) is 15.8. The van der Waals surface area contributed by atoms with Crippen molar-refractivity contribution in [2.45, 2.75) is 42.7 Å². The van der Waals surface area contributed by atoms with Gasteiger partial charge in [0.1, 0.15) is 16.7 Å². The van der Waals surface area contributed by atoms with E-state index in [0.717, 1.165) is 27.0 Å². The molecular weight excluding hydrogens is 375 g/mol. The summed E-state index contributed by atoms with van der Waals surface area (Å²) in [6, 6.07) is 10.5. The highest BCUT2D eigenvalue weighted by molar-refractivity contribution is 7.99. The molecule has 8 heteroatoms. The lowest BCUT2D eigenvalue weighted by Gasteiger charge is -2.13. The highest BCUT2D eigenvalue weighted by Crippen LogP contribution is 2.35. The molecule has 0 aliphatic heterocycles. The van der Waals surface area contributed by atoms with Crippen molar-refractivity contribution >= 4 is 11.8 Å². The first-order valence-electron chi connectivity index (χ1n) is 9.01. The summed E-state index contributed by atoms with van der Waals surface area (Å²) >= 11 is 1.50. The molecule has 3 rings (SSSR count). The highest BCUT2D eigenvalue weighted by Gasteiger charge is 2.20. The van der Waals surface area contributed by atoms with Crippen LogP contribution in [-0.4, -0.2) is 21.1 Å². The SMILES string of the molecule is CC(C)c1nc(CCN=[N+]=[N-])n(Cc2cccnc2)c1Sc1cccc(F)c1. The van der Waals surface area contributed by atoms with Crippen LogP contribution in [0, 0.1) is 5.82 Å². The van der Waals surface area contributed by atoms with Crippen molar-refractivity contribution < 1.29 is 4.39 Å². The first kappa shape index (κ1) is 19.9. The van der Waals surface area contributed by atoms with Crippen molar-refractivity contribution in [2.75, 3.05) is 6.54 Å². The number of azide groups is 1. The molecule has 0 N–H and O–H groups in total. The molecule has 0 unspecified atom stereocenters. The topological polar surface area (TPSA) is 79.5 Å². The summed E-state index contributed by atoms with van der Waals surface area (Å²) in [6.07, 6.45) is 4.10. The number of imidazole rings is 1. The van der Waals surface area contributed by atoms with Crippen LogP contribution < -0.4 is 0 Å². The van der Waals surface area contributed by atoms with E-state index >= 15 is 0 Å². The number of hydrogen-bond acceptors (Lipinski definition) is 4. The fourth-order valence-electron chi connectivity index (χ4n) is 2.85. The lowest BCUT2D eigenvalue weighted by Crippen LogP contribution is -2.08. The Hall–Kier alpha value is -2.83. The van der Waals surface area contributed by atoms with Crippen LogP contribution in [0.4, 0.5) is 4.39 Å². The molecule has 0 aliphatic rings. The summed E-state index contributed by atoms with van der Waals surface area (Å²) in [5.74, 6) is 0.779. The van der Waals surface area contributed by atoms with E-state index in [2.05, 4.69) is 33.4 Å². The fourth-order valence-corrected chi connectivity index (χ4v) is 4.06. The highest BCUT2D eigenvalue weighted by atomic mass is 32.2. The minimum Gasteiger partial charge on any atom is -0.318 e. The summed E-state index contributed by atoms with van der Waals surface area (Å²) in [4.78, 5) is 12.7. The second kappa shape index (κ2) is 9.39. The zero-order chi connectivity index (χ0) is 19.9. The number of aromatic nitrogens is 3. The smallest absolute Gasteiger partial charge is 0.124 e. The average molecular weight is 396 g/mol. The normalized spacial score (nSPS) is 10.9. The third-order valence-corrected chi connectivity index (χ3v) is 5.26. The van der Waals surface area contributed by atoms with Gasteiger partial charge in [-0.1, -0.05) is 42.9 Å². The van der Waals surface area contributed by atoms with Crippen molar-refractivity contribution in [1.82, 2.24) is 14.5 Å². The average Bonchev–Trinajstić information content (AvgIpc) is 3.01. The fraction of sp³-hybridized carbons (Fsp3) is 0.300. The third-order valence-electron chi connectivity index (χ3n) is 4.14. The molecule has 0 aliphatic carbocycles. The van der Waals surface area contributed by atoms with Gasteiger partial charge in [-0.15, -0.1) is 0 Å². The van der Waals surface area contributed by atoms with E-state index in [1.54, 1.807) is 12.3 Å². The van der Waals surface area contributed by atoms with Gasteiger partial charge in [0.05, 0.1) is 12.2 Å². The summed E-state index contributed by atoms with van der Waals surface area (Å²) in [5.41, 5.74) is 10.6. The van der Waals surface area contributed by atoms with Gasteiger partial charge in [-0.2, -0.15) is 0 Å². The Labute approximate surface area is 167 Å². The Balaban J connectivity index is 2.05. The van der Waals surface area contributed by atoms with Crippen LogP contribution in [0.15, 0.2) is 63.8 Å². The van der Waals surface area contributed by atoms with Gasteiger partial charge in [0, 0.05) is 35.2 Å². The van der Waals surface area contributed by atoms with Crippen LogP contribution in [0.1, 0.15) is 36.8 Å². The van der Waals surface area contributed by atoms with Gasteiger partial charge in [-0.25, -0.2) is 9.37 Å². The van der Waals surface area contributed by atoms with Crippen LogP contribution in [0.2, 0.25) is 0 Å². The van der Waals surface area contributed by atoms with Crippen LogP contribution in [0.25, 0.3) is 10.4 Å². The molecule has 6 nitrogen and oxygen atoms in total. The molecule has 0 saturated heterocycles. The number of hydrogen-bond donors (Lipinski definition) is 0. The molecule has 3 aromatic rings. The van der Waals surface area contributed by atoms with Crippen molar-refractivity contribution in [3.8, 4) is 0 Å². The predicted octanol–water partition coefficient (Wildman–Crippen LogP) is 5.59. The van der Waals surface area contributed by atoms with Crippen LogP contribution in [0.3, 0.4) is 0 Å². The van der Waals surface area contributed by atoms with E-state index in [0.29, 0.717) is 19.5 Å². The van der Waals surface area contributed by atoms with E-state index in [-0.39, 0.29) is 11.7 Å². The lowest BCUT2D eigenvalue weighted by atomic mass is 10.1. The summed E-state index contributed by atoms with van der Waals surface area (Å²) in [5, 5.41) is 4.63.